The van der Waals surface area contributed by atoms with Gasteiger partial charge in [-0.3, -0.25) is 4.79 Å². The first-order chi connectivity index (χ1) is 12.0. The number of amides is 2. The molecule has 1 aromatic heterocycles. The normalized spacial score (nSPS) is 14.6. The number of carbonyl (C=O) groups is 2. The van der Waals surface area contributed by atoms with E-state index in [-0.39, 0.29) is 5.56 Å². The molecule has 1 aromatic carbocycles. The summed E-state index contributed by atoms with van der Waals surface area (Å²) in [6.45, 7) is 3.40. The predicted molar refractivity (Wildman–Crippen MR) is 92.0 cm³/mol. The second-order valence-corrected chi connectivity index (χ2v) is 6.04. The van der Waals surface area contributed by atoms with E-state index in [1.807, 2.05) is 0 Å². The lowest BCUT2D eigenvalue weighted by Crippen LogP contribution is -2.51. The summed E-state index contributed by atoms with van der Waals surface area (Å²) in [6.07, 6.45) is -0.394. The quantitative estimate of drug-likeness (QED) is 0.764. The second kappa shape index (κ2) is 7.14. The van der Waals surface area contributed by atoms with Gasteiger partial charge in [0.15, 0.2) is 0 Å². The molecule has 1 fully saturated rings. The Hall–Kier alpha value is -2.54. The second-order valence-electron chi connectivity index (χ2n) is 5.61. The third-order valence-corrected chi connectivity index (χ3v) is 4.25. The average molecular weight is 365 g/mol. The van der Waals surface area contributed by atoms with E-state index in [4.69, 9.17) is 20.8 Å². The maximum atomic E-state index is 12.6. The van der Waals surface area contributed by atoms with Gasteiger partial charge in [0.25, 0.3) is 5.91 Å². The van der Waals surface area contributed by atoms with Gasteiger partial charge in [-0.2, -0.15) is 0 Å². The highest BCUT2D eigenvalue weighted by Gasteiger charge is 2.27. The fourth-order valence-electron chi connectivity index (χ4n) is 2.72. The van der Waals surface area contributed by atoms with Gasteiger partial charge in [0.1, 0.15) is 11.1 Å². The number of fused-ring (bicyclic) bond motifs is 1. The topological polar surface area (TPSA) is 80.1 Å². The van der Waals surface area contributed by atoms with Gasteiger partial charge in [0.2, 0.25) is 0 Å². The van der Waals surface area contributed by atoms with Crippen molar-refractivity contribution < 1.29 is 18.7 Å². The first-order valence-corrected chi connectivity index (χ1v) is 8.31. The molecule has 8 heteroatoms. The van der Waals surface area contributed by atoms with Crippen LogP contribution in [0, 0.1) is 0 Å². The highest BCUT2D eigenvalue weighted by molar-refractivity contribution is 6.31. The van der Waals surface area contributed by atoms with Crippen LogP contribution in [0.1, 0.15) is 17.3 Å². The first kappa shape index (κ1) is 17.3. The molecule has 132 valence electrons. The van der Waals surface area contributed by atoms with Crippen molar-refractivity contribution in [1.82, 2.24) is 9.80 Å². The Balaban J connectivity index is 1.78. The van der Waals surface area contributed by atoms with Crippen LogP contribution in [0.3, 0.4) is 0 Å². The van der Waals surface area contributed by atoms with Gasteiger partial charge in [-0.25, -0.2) is 9.59 Å². The molecule has 1 saturated heterocycles. The number of hydrogen-bond donors (Lipinski definition) is 0. The van der Waals surface area contributed by atoms with Gasteiger partial charge in [0, 0.05) is 36.6 Å². The Morgan fingerprint density at radius 2 is 1.84 bits per heavy atom. The number of hydrogen-bond acceptors (Lipinski definition) is 5. The Kier molecular flexibility index (Phi) is 4.94. The number of halogens is 1. The van der Waals surface area contributed by atoms with E-state index in [0.717, 1.165) is 0 Å². The Morgan fingerprint density at radius 1 is 1.16 bits per heavy atom. The summed E-state index contributed by atoms with van der Waals surface area (Å²) in [7, 11) is 0. The molecule has 1 aliphatic heterocycles. The summed E-state index contributed by atoms with van der Waals surface area (Å²) in [5.74, 6) is -0.417. The van der Waals surface area contributed by atoms with E-state index in [9.17, 15) is 14.4 Å². The van der Waals surface area contributed by atoms with E-state index in [1.54, 1.807) is 25.1 Å². The minimum Gasteiger partial charge on any atom is -0.450 e. The molecule has 0 N–H and O–H groups in total. The summed E-state index contributed by atoms with van der Waals surface area (Å²) >= 11 is 5.95. The maximum absolute atomic E-state index is 12.6. The van der Waals surface area contributed by atoms with Crippen LogP contribution in [0.15, 0.2) is 33.5 Å². The molecule has 0 atom stereocenters. The molecule has 0 radical (unpaired) electrons. The molecule has 0 unspecified atom stereocenters. The zero-order valence-electron chi connectivity index (χ0n) is 13.7. The molecule has 25 heavy (non-hydrogen) atoms. The number of piperazine rings is 1. The molecule has 2 amide bonds. The van der Waals surface area contributed by atoms with E-state index in [1.165, 1.54) is 15.9 Å². The van der Waals surface area contributed by atoms with Gasteiger partial charge >= 0.3 is 11.7 Å². The Morgan fingerprint density at radius 3 is 2.52 bits per heavy atom. The first-order valence-electron chi connectivity index (χ1n) is 7.94. The maximum Gasteiger partial charge on any atom is 0.409 e. The fourth-order valence-corrected chi connectivity index (χ4v) is 2.90. The zero-order valence-corrected chi connectivity index (χ0v) is 14.4. The molecule has 3 rings (SSSR count). The van der Waals surface area contributed by atoms with Crippen LogP contribution in [0.4, 0.5) is 4.79 Å². The van der Waals surface area contributed by atoms with E-state index >= 15 is 0 Å². The van der Waals surface area contributed by atoms with Gasteiger partial charge in [0.05, 0.1) is 6.61 Å². The van der Waals surface area contributed by atoms with Crippen LogP contribution in [0.5, 0.6) is 0 Å². The van der Waals surface area contributed by atoms with Gasteiger partial charge < -0.3 is 19.0 Å². The monoisotopic (exact) mass is 364 g/mol. The number of benzene rings is 1. The summed E-state index contributed by atoms with van der Waals surface area (Å²) in [5, 5.41) is 1.07. The third kappa shape index (κ3) is 3.61. The SMILES string of the molecule is CCOC(=O)N1CCN(C(=O)c2cc3cc(Cl)ccc3oc2=O)CC1. The van der Waals surface area contributed by atoms with Crippen molar-refractivity contribution in [1.29, 1.82) is 0 Å². The van der Waals surface area contributed by atoms with E-state index in [0.29, 0.717) is 48.8 Å². The molecule has 2 heterocycles. The Bertz CT molecular complexity index is 871. The number of carbonyl (C=O) groups excluding carboxylic acids is 2. The Labute approximate surface area is 148 Å². The van der Waals surface area contributed by atoms with Gasteiger partial charge in [-0.1, -0.05) is 11.6 Å². The average Bonchev–Trinajstić information content (AvgIpc) is 2.61. The van der Waals surface area contributed by atoms with Gasteiger partial charge in [-0.15, -0.1) is 0 Å². The number of nitrogens with zero attached hydrogens (tertiary/aromatic N) is 2. The lowest BCUT2D eigenvalue weighted by molar-refractivity contribution is 0.0567. The molecule has 0 aliphatic carbocycles. The van der Waals surface area contributed by atoms with Crippen LogP contribution >= 0.6 is 11.6 Å². The molecule has 0 saturated carbocycles. The van der Waals surface area contributed by atoms with Crippen molar-refractivity contribution in [2.24, 2.45) is 0 Å². The van der Waals surface area contributed by atoms with Crippen LogP contribution in [-0.2, 0) is 4.74 Å². The number of ether oxygens (including phenoxy) is 1. The lowest BCUT2D eigenvalue weighted by Gasteiger charge is -2.33. The van der Waals surface area contributed by atoms with Crippen molar-refractivity contribution in [2.45, 2.75) is 6.92 Å². The summed E-state index contributed by atoms with van der Waals surface area (Å²) in [6, 6.07) is 6.33. The number of rotatable bonds is 2. The van der Waals surface area contributed by atoms with E-state index in [2.05, 4.69) is 0 Å². The molecule has 1 aliphatic rings. The van der Waals surface area contributed by atoms with Crippen molar-refractivity contribution in [2.75, 3.05) is 32.8 Å². The smallest absolute Gasteiger partial charge is 0.409 e. The van der Waals surface area contributed by atoms with E-state index < -0.39 is 17.6 Å². The fraction of sp³-hybridized carbons (Fsp3) is 0.353. The third-order valence-electron chi connectivity index (χ3n) is 4.02. The molecule has 0 spiro atoms. The van der Waals surface area contributed by atoms with Crippen molar-refractivity contribution >= 4 is 34.6 Å². The van der Waals surface area contributed by atoms with Crippen molar-refractivity contribution in [3.63, 3.8) is 0 Å². The summed E-state index contributed by atoms with van der Waals surface area (Å²) in [4.78, 5) is 39.5. The van der Waals surface area contributed by atoms with Crippen molar-refractivity contribution in [3.8, 4) is 0 Å². The van der Waals surface area contributed by atoms with Crippen LogP contribution in [0.2, 0.25) is 5.02 Å². The largest absolute Gasteiger partial charge is 0.450 e. The molecule has 7 nitrogen and oxygen atoms in total. The van der Waals surface area contributed by atoms with Crippen LogP contribution < -0.4 is 5.63 Å². The zero-order chi connectivity index (χ0) is 18.0. The predicted octanol–water partition coefficient (Wildman–Crippen LogP) is 2.36. The minimum atomic E-state index is -0.687. The lowest BCUT2D eigenvalue weighted by atomic mass is 10.1. The highest BCUT2D eigenvalue weighted by Crippen LogP contribution is 2.19. The molecular formula is C17H17ClN2O5. The molecule has 2 aromatic rings. The highest BCUT2D eigenvalue weighted by atomic mass is 35.5. The summed E-state index contributed by atoms with van der Waals surface area (Å²) < 4.78 is 10.2. The minimum absolute atomic E-state index is 0.0423. The van der Waals surface area contributed by atoms with Gasteiger partial charge in [-0.05, 0) is 31.2 Å². The summed E-state index contributed by atoms with van der Waals surface area (Å²) in [5.41, 5.74) is -0.356. The molecular weight excluding hydrogens is 348 g/mol. The van der Waals surface area contributed by atoms with Crippen molar-refractivity contribution in [3.05, 3.63) is 45.3 Å². The standard InChI is InChI=1S/C17H17ClN2O5/c1-2-24-17(23)20-7-5-19(6-8-20)15(21)13-10-11-9-12(18)3-4-14(11)25-16(13)22/h3-4,9-10H,2,5-8H2,1H3. The van der Waals surface area contributed by atoms with Crippen LogP contribution in [0.25, 0.3) is 11.0 Å². The molecule has 0 bridgehead atoms. The van der Waals surface area contributed by atoms with Crippen LogP contribution in [-0.4, -0.2) is 54.6 Å².